The first-order chi connectivity index (χ1) is 10.9. The van der Waals surface area contributed by atoms with Gasteiger partial charge in [0, 0.05) is 11.5 Å². The fraction of sp³-hybridized carbons (Fsp3) is 0.650. The van der Waals surface area contributed by atoms with Crippen LogP contribution in [0.15, 0.2) is 35.5 Å². The van der Waals surface area contributed by atoms with E-state index in [4.69, 9.17) is 9.47 Å². The Morgan fingerprint density at radius 1 is 1.22 bits per heavy atom. The number of fused-ring (bicyclic) bond motifs is 2. The molecule has 0 bridgehead atoms. The van der Waals surface area contributed by atoms with Gasteiger partial charge >= 0.3 is 5.97 Å². The molecule has 4 atom stereocenters. The lowest BCUT2D eigenvalue weighted by atomic mass is 9.86. The Balaban J connectivity index is 1.79. The van der Waals surface area contributed by atoms with Crippen molar-refractivity contribution < 1.29 is 14.3 Å². The highest BCUT2D eigenvalue weighted by Gasteiger charge is 2.52. The van der Waals surface area contributed by atoms with Crippen LogP contribution in [0.3, 0.4) is 0 Å². The summed E-state index contributed by atoms with van der Waals surface area (Å²) in [5.74, 6) is -0.137. The van der Waals surface area contributed by atoms with Crippen LogP contribution in [-0.2, 0) is 14.3 Å². The van der Waals surface area contributed by atoms with Crippen LogP contribution < -0.4 is 0 Å². The molecule has 3 heteroatoms. The van der Waals surface area contributed by atoms with E-state index in [1.165, 1.54) is 11.1 Å². The Labute approximate surface area is 139 Å². The second-order valence-corrected chi connectivity index (χ2v) is 7.60. The van der Waals surface area contributed by atoms with E-state index >= 15 is 0 Å². The molecule has 0 radical (unpaired) electrons. The summed E-state index contributed by atoms with van der Waals surface area (Å²) in [5, 5.41) is 0. The second-order valence-electron chi connectivity index (χ2n) is 7.60. The normalized spacial score (nSPS) is 38.7. The molecule has 2 fully saturated rings. The zero-order valence-corrected chi connectivity index (χ0v) is 14.6. The fourth-order valence-corrected chi connectivity index (χ4v) is 3.81. The summed E-state index contributed by atoms with van der Waals surface area (Å²) in [6.07, 6.45) is 10.8. The smallest absolute Gasteiger partial charge is 0.334 e. The second kappa shape index (κ2) is 6.27. The molecule has 0 saturated carbocycles. The Morgan fingerprint density at radius 3 is 2.78 bits per heavy atom. The van der Waals surface area contributed by atoms with Crippen LogP contribution in [0.2, 0.25) is 0 Å². The van der Waals surface area contributed by atoms with Gasteiger partial charge in [-0.3, -0.25) is 0 Å². The highest BCUT2D eigenvalue weighted by Crippen LogP contribution is 2.46. The molecule has 3 nitrogen and oxygen atoms in total. The Hall–Kier alpha value is -1.35. The Bertz CT molecular complexity index is 571. The Morgan fingerprint density at radius 2 is 2.00 bits per heavy atom. The SMILES string of the molecule is C=C1C(=O)O[C@H]2C=C(C)CCC=C(C)CC[C@@H]3O[C@@]3(C)CC[C@@H]12. The molecule has 126 valence electrons. The van der Waals surface area contributed by atoms with E-state index in [1.54, 1.807) is 0 Å². The van der Waals surface area contributed by atoms with Crippen molar-refractivity contribution in [3.63, 3.8) is 0 Å². The molecule has 0 aromatic rings. The zero-order valence-electron chi connectivity index (χ0n) is 14.6. The van der Waals surface area contributed by atoms with Crippen molar-refractivity contribution >= 4 is 5.97 Å². The Kier molecular flexibility index (Phi) is 4.50. The third kappa shape index (κ3) is 3.60. The first kappa shape index (κ1) is 16.5. The lowest BCUT2D eigenvalue weighted by Crippen LogP contribution is -2.19. The lowest BCUT2D eigenvalue weighted by molar-refractivity contribution is -0.137. The van der Waals surface area contributed by atoms with Crippen molar-refractivity contribution in [1.29, 1.82) is 0 Å². The number of carbonyl (C=O) groups is 1. The van der Waals surface area contributed by atoms with Crippen molar-refractivity contribution in [2.75, 3.05) is 0 Å². The summed E-state index contributed by atoms with van der Waals surface area (Å²) < 4.78 is 11.5. The van der Waals surface area contributed by atoms with Crippen LogP contribution in [0, 0.1) is 5.92 Å². The average Bonchev–Trinajstić information content (AvgIpc) is 3.06. The van der Waals surface area contributed by atoms with Crippen LogP contribution in [0.4, 0.5) is 0 Å². The first-order valence-corrected chi connectivity index (χ1v) is 8.79. The molecule has 0 unspecified atom stereocenters. The molecular weight excluding hydrogens is 288 g/mol. The van der Waals surface area contributed by atoms with Gasteiger partial charge in [0.2, 0.25) is 0 Å². The maximum atomic E-state index is 11.9. The minimum absolute atomic E-state index is 0.0282. The van der Waals surface area contributed by atoms with Gasteiger partial charge in [0.25, 0.3) is 0 Å². The van der Waals surface area contributed by atoms with E-state index in [0.717, 1.165) is 38.5 Å². The number of allylic oxidation sites excluding steroid dienone is 3. The van der Waals surface area contributed by atoms with Gasteiger partial charge in [-0.05, 0) is 65.4 Å². The maximum absolute atomic E-state index is 11.9. The van der Waals surface area contributed by atoms with E-state index in [1.807, 2.05) is 0 Å². The highest BCUT2D eigenvalue weighted by molar-refractivity contribution is 5.91. The van der Waals surface area contributed by atoms with Gasteiger partial charge in [-0.25, -0.2) is 4.79 Å². The van der Waals surface area contributed by atoms with E-state index in [-0.39, 0.29) is 23.6 Å². The molecule has 2 heterocycles. The summed E-state index contributed by atoms with van der Waals surface area (Å²) in [7, 11) is 0. The molecular formula is C20H28O3. The number of epoxide rings is 1. The van der Waals surface area contributed by atoms with Crippen LogP contribution >= 0.6 is 0 Å². The number of esters is 1. The summed E-state index contributed by atoms with van der Waals surface area (Å²) in [4.78, 5) is 11.9. The molecule has 0 amide bonds. The van der Waals surface area contributed by atoms with Crippen LogP contribution in [-0.4, -0.2) is 23.8 Å². The number of rotatable bonds is 0. The fourth-order valence-electron chi connectivity index (χ4n) is 3.81. The first-order valence-electron chi connectivity index (χ1n) is 8.79. The van der Waals surface area contributed by atoms with Gasteiger partial charge < -0.3 is 9.47 Å². The van der Waals surface area contributed by atoms with Crippen molar-refractivity contribution in [2.24, 2.45) is 5.92 Å². The van der Waals surface area contributed by atoms with Gasteiger partial charge in [-0.1, -0.05) is 23.8 Å². The predicted octanol–water partition coefficient (Wildman–Crippen LogP) is 4.49. The average molecular weight is 316 g/mol. The quantitative estimate of drug-likeness (QED) is 0.286. The van der Waals surface area contributed by atoms with Gasteiger partial charge in [0.05, 0.1) is 11.7 Å². The van der Waals surface area contributed by atoms with Crippen LogP contribution in [0.25, 0.3) is 0 Å². The standard InChI is InChI=1S/C20H28O3/c1-13-6-5-7-14(2)12-17-16(15(3)19(21)22-17)10-11-20(4)18(23-20)9-8-13/h6,12,16-18H,3,5,7-11H2,1-2,4H3/t16-,17-,18-,20-/m0/s1. The van der Waals surface area contributed by atoms with Gasteiger partial charge in [0.15, 0.2) is 0 Å². The molecule has 1 aliphatic carbocycles. The molecule has 3 aliphatic rings. The van der Waals surface area contributed by atoms with Crippen molar-refractivity contribution in [3.05, 3.63) is 35.5 Å². The largest absolute Gasteiger partial charge is 0.454 e. The van der Waals surface area contributed by atoms with E-state index in [9.17, 15) is 4.79 Å². The molecule has 0 N–H and O–H groups in total. The molecule has 23 heavy (non-hydrogen) atoms. The maximum Gasteiger partial charge on any atom is 0.334 e. The summed E-state index contributed by atoms with van der Waals surface area (Å²) >= 11 is 0. The monoisotopic (exact) mass is 316 g/mol. The van der Waals surface area contributed by atoms with Crippen molar-refractivity contribution in [2.45, 2.75) is 77.1 Å². The van der Waals surface area contributed by atoms with E-state index in [0.29, 0.717) is 11.7 Å². The molecule has 3 rings (SSSR count). The topological polar surface area (TPSA) is 38.8 Å². The number of carbonyl (C=O) groups excluding carboxylic acids is 1. The van der Waals surface area contributed by atoms with Crippen LogP contribution in [0.1, 0.15) is 59.3 Å². The third-order valence-corrected chi connectivity index (χ3v) is 5.62. The van der Waals surface area contributed by atoms with Crippen molar-refractivity contribution in [1.82, 2.24) is 0 Å². The molecule has 2 aliphatic heterocycles. The summed E-state index contributed by atoms with van der Waals surface area (Å²) in [5.41, 5.74) is 3.34. The minimum atomic E-state index is -0.234. The number of hydrogen-bond donors (Lipinski definition) is 0. The number of hydrogen-bond acceptors (Lipinski definition) is 3. The molecule has 0 aromatic heterocycles. The third-order valence-electron chi connectivity index (χ3n) is 5.62. The van der Waals surface area contributed by atoms with Gasteiger partial charge in [-0.2, -0.15) is 0 Å². The van der Waals surface area contributed by atoms with Gasteiger partial charge in [0.1, 0.15) is 6.10 Å². The molecule has 0 aromatic carbocycles. The zero-order chi connectivity index (χ0) is 16.6. The number of ether oxygens (including phenoxy) is 2. The predicted molar refractivity (Wildman–Crippen MR) is 91.0 cm³/mol. The molecule has 0 spiro atoms. The summed E-state index contributed by atoms with van der Waals surface area (Å²) in [6.45, 7) is 10.5. The van der Waals surface area contributed by atoms with E-state index in [2.05, 4.69) is 39.5 Å². The van der Waals surface area contributed by atoms with Crippen LogP contribution in [0.5, 0.6) is 0 Å². The van der Waals surface area contributed by atoms with Crippen molar-refractivity contribution in [3.8, 4) is 0 Å². The van der Waals surface area contributed by atoms with Gasteiger partial charge in [-0.15, -0.1) is 0 Å². The lowest BCUT2D eigenvalue weighted by Gasteiger charge is -2.17. The highest BCUT2D eigenvalue weighted by atomic mass is 16.6. The van der Waals surface area contributed by atoms with E-state index < -0.39 is 0 Å². The molecule has 2 saturated heterocycles. The minimum Gasteiger partial charge on any atom is -0.454 e. The summed E-state index contributed by atoms with van der Waals surface area (Å²) in [6, 6.07) is 0.